The molecule has 2 rings (SSSR count). The van der Waals surface area contributed by atoms with E-state index in [1.165, 1.54) is 7.11 Å². The Morgan fingerprint density at radius 2 is 1.95 bits per heavy atom. The Bertz CT molecular complexity index is 613. The second-order valence-electron chi connectivity index (χ2n) is 4.38. The molecule has 0 radical (unpaired) electrons. The van der Waals surface area contributed by atoms with Crippen LogP contribution in [0.1, 0.15) is 17.2 Å². The Hall–Kier alpha value is -1.85. The van der Waals surface area contributed by atoms with Gasteiger partial charge in [0.1, 0.15) is 12.4 Å². The number of carbonyl (C=O) groups excluding carboxylic acids is 1. The fraction of sp³-hybridized carbons (Fsp3) is 0.188. The number of aliphatic hydroxyl groups excluding tert-OH is 1. The van der Waals surface area contributed by atoms with Crippen molar-refractivity contribution < 1.29 is 19.4 Å². The van der Waals surface area contributed by atoms with E-state index in [9.17, 15) is 9.90 Å². The van der Waals surface area contributed by atoms with Gasteiger partial charge in [0.2, 0.25) is 0 Å². The first-order chi connectivity index (χ1) is 10.1. The van der Waals surface area contributed by atoms with Crippen molar-refractivity contribution in [2.75, 3.05) is 7.11 Å². The van der Waals surface area contributed by atoms with E-state index in [2.05, 4.69) is 20.7 Å². The molecular formula is C16H15BrO4. The number of esters is 1. The topological polar surface area (TPSA) is 55.8 Å². The molecule has 4 nitrogen and oxygen atoms in total. The highest BCUT2D eigenvalue weighted by Gasteiger charge is 2.22. The standard InChI is InChI=1S/C16H15BrO4/c1-20-16(19)15(18)13-9-12(17)7-8-14(13)21-10-11-5-3-2-4-6-11/h2-9,15,18H,10H2,1H3. The molecule has 0 aliphatic rings. The Balaban J connectivity index is 2.21. The van der Waals surface area contributed by atoms with Crippen LogP contribution in [-0.4, -0.2) is 18.2 Å². The number of ether oxygens (including phenoxy) is 2. The van der Waals surface area contributed by atoms with Crippen molar-refractivity contribution in [2.24, 2.45) is 0 Å². The van der Waals surface area contributed by atoms with Crippen LogP contribution in [0.25, 0.3) is 0 Å². The first kappa shape index (κ1) is 15.5. The molecule has 0 bridgehead atoms. The second-order valence-corrected chi connectivity index (χ2v) is 5.30. The van der Waals surface area contributed by atoms with Crippen LogP contribution >= 0.6 is 15.9 Å². The van der Waals surface area contributed by atoms with Gasteiger partial charge in [0, 0.05) is 10.0 Å². The third kappa shape index (κ3) is 4.06. The minimum Gasteiger partial charge on any atom is -0.489 e. The molecule has 2 aromatic carbocycles. The van der Waals surface area contributed by atoms with Crippen LogP contribution in [0.2, 0.25) is 0 Å². The summed E-state index contributed by atoms with van der Waals surface area (Å²) in [6.45, 7) is 0.351. The van der Waals surface area contributed by atoms with Crippen molar-refractivity contribution >= 4 is 21.9 Å². The van der Waals surface area contributed by atoms with Crippen LogP contribution in [0.4, 0.5) is 0 Å². The van der Waals surface area contributed by atoms with Gasteiger partial charge in [-0.25, -0.2) is 4.79 Å². The molecule has 0 aromatic heterocycles. The van der Waals surface area contributed by atoms with Crippen LogP contribution < -0.4 is 4.74 Å². The Morgan fingerprint density at radius 3 is 2.62 bits per heavy atom. The number of aliphatic hydroxyl groups is 1. The van der Waals surface area contributed by atoms with Crippen LogP contribution in [0.3, 0.4) is 0 Å². The molecule has 0 amide bonds. The minimum atomic E-state index is -1.38. The van der Waals surface area contributed by atoms with Gasteiger partial charge < -0.3 is 14.6 Å². The first-order valence-corrected chi connectivity index (χ1v) is 7.13. The smallest absolute Gasteiger partial charge is 0.339 e. The molecule has 0 saturated carbocycles. The van der Waals surface area contributed by atoms with Crippen LogP contribution in [0, 0.1) is 0 Å². The number of hydrogen-bond acceptors (Lipinski definition) is 4. The lowest BCUT2D eigenvalue weighted by molar-refractivity contribution is -0.150. The van der Waals surface area contributed by atoms with E-state index in [1.54, 1.807) is 18.2 Å². The molecule has 2 aromatic rings. The van der Waals surface area contributed by atoms with Gasteiger partial charge in [0.25, 0.3) is 0 Å². The molecule has 0 aliphatic carbocycles. The lowest BCUT2D eigenvalue weighted by atomic mass is 10.1. The molecule has 110 valence electrons. The average molecular weight is 351 g/mol. The molecule has 21 heavy (non-hydrogen) atoms. The van der Waals surface area contributed by atoms with Crippen LogP contribution in [-0.2, 0) is 16.1 Å². The first-order valence-electron chi connectivity index (χ1n) is 6.34. The zero-order valence-corrected chi connectivity index (χ0v) is 13.0. The molecule has 0 saturated heterocycles. The monoisotopic (exact) mass is 350 g/mol. The number of carbonyl (C=O) groups is 1. The summed E-state index contributed by atoms with van der Waals surface area (Å²) in [4.78, 5) is 11.5. The van der Waals surface area contributed by atoms with E-state index in [0.29, 0.717) is 17.9 Å². The summed E-state index contributed by atoms with van der Waals surface area (Å²) < 4.78 is 11.0. The van der Waals surface area contributed by atoms with Gasteiger partial charge in [0.15, 0.2) is 6.10 Å². The summed E-state index contributed by atoms with van der Waals surface area (Å²) in [6, 6.07) is 14.8. The van der Waals surface area contributed by atoms with Gasteiger partial charge in [-0.3, -0.25) is 0 Å². The van der Waals surface area contributed by atoms with E-state index in [1.807, 2.05) is 30.3 Å². The molecule has 0 heterocycles. The molecule has 1 unspecified atom stereocenters. The minimum absolute atomic E-state index is 0.351. The maximum Gasteiger partial charge on any atom is 0.339 e. The number of hydrogen-bond donors (Lipinski definition) is 1. The van der Waals surface area contributed by atoms with Crippen molar-refractivity contribution in [3.05, 3.63) is 64.1 Å². The predicted octanol–water partition coefficient (Wildman–Crippen LogP) is 3.23. The fourth-order valence-corrected chi connectivity index (χ4v) is 2.22. The molecule has 0 fully saturated rings. The summed E-state index contributed by atoms with van der Waals surface area (Å²) in [5.41, 5.74) is 1.37. The maximum atomic E-state index is 11.5. The van der Waals surface area contributed by atoms with Gasteiger partial charge >= 0.3 is 5.97 Å². The lowest BCUT2D eigenvalue weighted by Gasteiger charge is -2.15. The van der Waals surface area contributed by atoms with Crippen LogP contribution in [0.5, 0.6) is 5.75 Å². The molecule has 0 aliphatic heterocycles. The van der Waals surface area contributed by atoms with Crippen molar-refractivity contribution in [1.82, 2.24) is 0 Å². The summed E-state index contributed by atoms with van der Waals surface area (Å²) in [7, 11) is 1.23. The van der Waals surface area contributed by atoms with E-state index < -0.39 is 12.1 Å². The third-order valence-corrected chi connectivity index (χ3v) is 3.42. The second kappa shape index (κ2) is 7.24. The van der Waals surface area contributed by atoms with Crippen molar-refractivity contribution in [3.63, 3.8) is 0 Å². The van der Waals surface area contributed by atoms with Gasteiger partial charge in [-0.1, -0.05) is 46.3 Å². The molecule has 1 atom stereocenters. The van der Waals surface area contributed by atoms with Crippen LogP contribution in [0.15, 0.2) is 53.0 Å². The van der Waals surface area contributed by atoms with Crippen molar-refractivity contribution in [1.29, 1.82) is 0 Å². The fourth-order valence-electron chi connectivity index (χ4n) is 1.84. The van der Waals surface area contributed by atoms with Crippen molar-refractivity contribution in [3.8, 4) is 5.75 Å². The van der Waals surface area contributed by atoms with Gasteiger partial charge in [-0.2, -0.15) is 0 Å². The van der Waals surface area contributed by atoms with E-state index in [4.69, 9.17) is 4.74 Å². The third-order valence-electron chi connectivity index (χ3n) is 2.93. The predicted molar refractivity (Wildman–Crippen MR) is 81.9 cm³/mol. The van der Waals surface area contributed by atoms with E-state index in [-0.39, 0.29) is 0 Å². The molecule has 0 spiro atoms. The summed E-state index contributed by atoms with van der Waals surface area (Å²) >= 11 is 3.31. The lowest BCUT2D eigenvalue weighted by Crippen LogP contribution is -2.14. The molecular weight excluding hydrogens is 336 g/mol. The summed E-state index contributed by atoms with van der Waals surface area (Å²) in [6.07, 6.45) is -1.38. The van der Waals surface area contributed by atoms with Gasteiger partial charge in [-0.15, -0.1) is 0 Å². The molecule has 1 N–H and O–H groups in total. The Kier molecular flexibility index (Phi) is 5.36. The highest BCUT2D eigenvalue weighted by Crippen LogP contribution is 2.30. The Labute approximate surface area is 131 Å². The number of halogens is 1. The van der Waals surface area contributed by atoms with Crippen molar-refractivity contribution in [2.45, 2.75) is 12.7 Å². The zero-order chi connectivity index (χ0) is 15.2. The highest BCUT2D eigenvalue weighted by atomic mass is 79.9. The number of rotatable bonds is 5. The zero-order valence-electron chi connectivity index (χ0n) is 11.5. The number of benzene rings is 2. The highest BCUT2D eigenvalue weighted by molar-refractivity contribution is 9.10. The van der Waals surface area contributed by atoms with E-state index >= 15 is 0 Å². The quantitative estimate of drug-likeness (QED) is 0.841. The molecule has 5 heteroatoms. The normalized spacial score (nSPS) is 11.8. The average Bonchev–Trinajstić information content (AvgIpc) is 2.53. The SMILES string of the molecule is COC(=O)C(O)c1cc(Br)ccc1OCc1ccccc1. The van der Waals surface area contributed by atoms with E-state index in [0.717, 1.165) is 10.0 Å². The summed E-state index contributed by atoms with van der Waals surface area (Å²) in [5.74, 6) is -0.280. The maximum absolute atomic E-state index is 11.5. The largest absolute Gasteiger partial charge is 0.489 e. The number of methoxy groups -OCH3 is 1. The Morgan fingerprint density at radius 1 is 1.24 bits per heavy atom. The van der Waals surface area contributed by atoms with Gasteiger partial charge in [-0.05, 0) is 23.8 Å². The van der Waals surface area contributed by atoms with Gasteiger partial charge in [0.05, 0.1) is 7.11 Å². The summed E-state index contributed by atoms with van der Waals surface area (Å²) in [5, 5.41) is 10.0.